The second kappa shape index (κ2) is 10.8. The summed E-state index contributed by atoms with van der Waals surface area (Å²) in [4.78, 5) is 26.9. The van der Waals surface area contributed by atoms with Gasteiger partial charge in [0.25, 0.3) is 0 Å². The number of aromatic amines is 1. The molecule has 4 aromatic rings. The van der Waals surface area contributed by atoms with Crippen LogP contribution in [0, 0.1) is 11.6 Å². The molecule has 204 valence electrons. The van der Waals surface area contributed by atoms with Crippen LogP contribution in [0.3, 0.4) is 0 Å². The minimum atomic E-state index is -0.892. The first-order valence-electron chi connectivity index (χ1n) is 12.9. The van der Waals surface area contributed by atoms with Gasteiger partial charge in [-0.15, -0.1) is 0 Å². The number of nitrogens with one attached hydrogen (secondary N) is 2. The van der Waals surface area contributed by atoms with Crippen LogP contribution in [-0.2, 0) is 11.3 Å². The number of amides is 1. The van der Waals surface area contributed by atoms with Crippen LogP contribution < -0.4 is 5.32 Å². The topological polar surface area (TPSA) is 83.1 Å². The maximum Gasteiger partial charge on any atom is 0.410 e. The summed E-state index contributed by atoms with van der Waals surface area (Å²) in [5.74, 6) is -0.975. The molecule has 0 bridgehead atoms. The highest BCUT2D eigenvalue weighted by atomic mass is 35.5. The number of carbonyl (C=O) groups is 1. The Bertz CT molecular complexity index is 1510. The zero-order valence-corrected chi connectivity index (χ0v) is 22.8. The number of aromatic nitrogens is 3. The molecule has 2 N–H and O–H groups in total. The summed E-state index contributed by atoms with van der Waals surface area (Å²) >= 11 is 6.57. The molecule has 5 rings (SSSR count). The fraction of sp³-hybridized carbons (Fsp3) is 0.345. The van der Waals surface area contributed by atoms with E-state index < -0.39 is 17.2 Å². The van der Waals surface area contributed by atoms with Crippen molar-refractivity contribution in [1.82, 2.24) is 19.9 Å². The molecule has 0 spiro atoms. The Balaban J connectivity index is 1.34. The number of benzene rings is 1. The van der Waals surface area contributed by atoms with Crippen LogP contribution in [0.1, 0.15) is 50.8 Å². The number of nitrogens with zero attached hydrogens (tertiary/aromatic N) is 3. The number of carbonyl (C=O) groups excluding carboxylic acids is 1. The maximum absolute atomic E-state index is 13.6. The van der Waals surface area contributed by atoms with Crippen LogP contribution in [0.4, 0.5) is 19.4 Å². The van der Waals surface area contributed by atoms with Crippen molar-refractivity contribution in [2.45, 2.75) is 51.7 Å². The normalized spacial score (nSPS) is 14.6. The quantitative estimate of drug-likeness (QED) is 0.271. The molecule has 7 nitrogen and oxygen atoms in total. The molecular weight excluding hydrogens is 524 g/mol. The molecule has 1 aliphatic rings. The number of hydrogen-bond acceptors (Lipinski definition) is 5. The van der Waals surface area contributed by atoms with Crippen LogP contribution in [0.5, 0.6) is 0 Å². The van der Waals surface area contributed by atoms with Crippen LogP contribution in [0.2, 0.25) is 5.02 Å². The highest BCUT2D eigenvalue weighted by Crippen LogP contribution is 2.36. The average molecular weight is 554 g/mol. The molecule has 0 saturated carbocycles. The lowest BCUT2D eigenvalue weighted by Gasteiger charge is -2.33. The number of halogens is 3. The first kappa shape index (κ1) is 26.9. The third-order valence-corrected chi connectivity index (χ3v) is 7.00. The minimum absolute atomic E-state index is 0.248. The maximum atomic E-state index is 13.6. The monoisotopic (exact) mass is 553 g/mol. The van der Waals surface area contributed by atoms with E-state index in [0.717, 1.165) is 47.3 Å². The van der Waals surface area contributed by atoms with E-state index in [1.165, 1.54) is 6.07 Å². The van der Waals surface area contributed by atoms with Crippen LogP contribution >= 0.6 is 11.6 Å². The van der Waals surface area contributed by atoms with E-state index in [1.807, 2.05) is 26.8 Å². The Hall–Kier alpha value is -3.72. The first-order chi connectivity index (χ1) is 18.6. The molecule has 39 heavy (non-hydrogen) atoms. The molecule has 1 saturated heterocycles. The molecule has 1 fully saturated rings. The predicted molar refractivity (Wildman–Crippen MR) is 148 cm³/mol. The Morgan fingerprint density at radius 1 is 1.13 bits per heavy atom. The summed E-state index contributed by atoms with van der Waals surface area (Å²) in [5.41, 5.74) is 3.27. The van der Waals surface area contributed by atoms with Crippen LogP contribution in [-0.4, -0.2) is 44.6 Å². The summed E-state index contributed by atoms with van der Waals surface area (Å²) in [6, 6.07) is 11.2. The van der Waals surface area contributed by atoms with Crippen LogP contribution in [0.15, 0.2) is 48.7 Å². The molecule has 3 aromatic heterocycles. The van der Waals surface area contributed by atoms with Crippen molar-refractivity contribution in [3.63, 3.8) is 0 Å². The van der Waals surface area contributed by atoms with Gasteiger partial charge in [-0.2, -0.15) is 0 Å². The second-order valence-electron chi connectivity index (χ2n) is 10.7. The van der Waals surface area contributed by atoms with E-state index in [-0.39, 0.29) is 18.6 Å². The molecule has 10 heteroatoms. The van der Waals surface area contributed by atoms with Crippen molar-refractivity contribution >= 4 is 34.5 Å². The lowest BCUT2D eigenvalue weighted by atomic mass is 9.93. The summed E-state index contributed by atoms with van der Waals surface area (Å²) in [6.07, 6.45) is 3.05. The summed E-state index contributed by atoms with van der Waals surface area (Å²) in [7, 11) is 0. The molecule has 0 atom stereocenters. The zero-order chi connectivity index (χ0) is 27.7. The van der Waals surface area contributed by atoms with Crippen molar-refractivity contribution in [2.75, 3.05) is 18.4 Å². The largest absolute Gasteiger partial charge is 0.444 e. The summed E-state index contributed by atoms with van der Waals surface area (Å²) in [5, 5.41) is 4.53. The second-order valence-corrected chi connectivity index (χ2v) is 11.1. The smallest absolute Gasteiger partial charge is 0.410 e. The molecule has 1 amide bonds. The average Bonchev–Trinajstić information content (AvgIpc) is 3.34. The lowest BCUT2D eigenvalue weighted by Crippen LogP contribution is -2.41. The Morgan fingerprint density at radius 3 is 2.62 bits per heavy atom. The third-order valence-electron chi connectivity index (χ3n) is 6.70. The Labute approximate surface area is 230 Å². The van der Waals surface area contributed by atoms with Gasteiger partial charge in [-0.05, 0) is 75.6 Å². The lowest BCUT2D eigenvalue weighted by molar-refractivity contribution is 0.0204. The van der Waals surface area contributed by atoms with Gasteiger partial charge < -0.3 is 19.9 Å². The highest BCUT2D eigenvalue weighted by Gasteiger charge is 2.28. The molecular formula is C29H30ClF2N5O2. The first-order valence-corrected chi connectivity index (χ1v) is 13.3. The number of H-pyrrole nitrogens is 1. The van der Waals surface area contributed by atoms with Gasteiger partial charge in [-0.1, -0.05) is 17.7 Å². The number of pyridine rings is 2. The van der Waals surface area contributed by atoms with Gasteiger partial charge in [0.15, 0.2) is 11.6 Å². The third kappa shape index (κ3) is 6.14. The van der Waals surface area contributed by atoms with E-state index >= 15 is 0 Å². The number of rotatable bonds is 5. The van der Waals surface area contributed by atoms with Gasteiger partial charge in [-0.25, -0.2) is 23.5 Å². The van der Waals surface area contributed by atoms with E-state index in [1.54, 1.807) is 23.2 Å². The Kier molecular flexibility index (Phi) is 7.44. The van der Waals surface area contributed by atoms with Crippen molar-refractivity contribution < 1.29 is 18.3 Å². The molecule has 1 aromatic carbocycles. The van der Waals surface area contributed by atoms with E-state index in [9.17, 15) is 13.6 Å². The molecule has 0 radical (unpaired) electrons. The fourth-order valence-electron chi connectivity index (χ4n) is 4.74. The van der Waals surface area contributed by atoms with Crippen molar-refractivity contribution in [3.05, 3.63) is 76.6 Å². The standard InChI is InChI=1S/C29H30ClF2N5O2/c1-29(2,3)39-28(38)37-12-9-18(10-13-37)24-15-20-19(8-11-33-27(20)35-24)26-21(30)5-7-25(36-26)34-16-17-4-6-22(31)23(32)14-17/h4-8,11,14-15,18H,9-10,12-13,16H2,1-3H3,(H,33,35)(H,34,36). The Morgan fingerprint density at radius 2 is 1.90 bits per heavy atom. The van der Waals surface area contributed by atoms with Crippen molar-refractivity contribution in [1.29, 1.82) is 0 Å². The van der Waals surface area contributed by atoms with Crippen LogP contribution in [0.25, 0.3) is 22.3 Å². The summed E-state index contributed by atoms with van der Waals surface area (Å²) < 4.78 is 32.3. The van der Waals surface area contributed by atoms with E-state index in [4.69, 9.17) is 21.3 Å². The number of ether oxygens (including phenoxy) is 1. The number of fused-ring (bicyclic) bond motifs is 1. The predicted octanol–water partition coefficient (Wildman–Crippen LogP) is 7.28. The van der Waals surface area contributed by atoms with Gasteiger partial charge in [0, 0.05) is 48.4 Å². The number of hydrogen-bond donors (Lipinski definition) is 2. The van der Waals surface area contributed by atoms with Gasteiger partial charge in [0.2, 0.25) is 0 Å². The van der Waals surface area contributed by atoms with Crippen molar-refractivity contribution in [3.8, 4) is 11.3 Å². The zero-order valence-electron chi connectivity index (χ0n) is 22.0. The van der Waals surface area contributed by atoms with E-state index in [0.29, 0.717) is 35.2 Å². The molecule has 4 heterocycles. The van der Waals surface area contributed by atoms with Gasteiger partial charge in [-0.3, -0.25) is 0 Å². The molecule has 0 aliphatic carbocycles. The van der Waals surface area contributed by atoms with Gasteiger partial charge in [0.05, 0.1) is 10.7 Å². The van der Waals surface area contributed by atoms with Gasteiger partial charge >= 0.3 is 6.09 Å². The van der Waals surface area contributed by atoms with Gasteiger partial charge in [0.1, 0.15) is 17.1 Å². The molecule has 1 aliphatic heterocycles. The van der Waals surface area contributed by atoms with E-state index in [2.05, 4.69) is 21.4 Å². The number of piperidine rings is 1. The van der Waals surface area contributed by atoms with Crippen molar-refractivity contribution in [2.24, 2.45) is 0 Å². The highest BCUT2D eigenvalue weighted by molar-refractivity contribution is 6.33. The number of anilines is 1. The number of likely N-dealkylation sites (tertiary alicyclic amines) is 1. The molecule has 0 unspecified atom stereocenters. The SMILES string of the molecule is CC(C)(C)OC(=O)N1CCC(c2cc3c(-c4nc(NCc5ccc(F)c(F)c5)ccc4Cl)ccnc3[nH]2)CC1. The summed E-state index contributed by atoms with van der Waals surface area (Å²) in [6.45, 7) is 7.11. The fourth-order valence-corrected chi connectivity index (χ4v) is 4.95. The minimum Gasteiger partial charge on any atom is -0.444 e.